The lowest BCUT2D eigenvalue weighted by Gasteiger charge is -2.13. The molecule has 1 aromatic carbocycles. The topological polar surface area (TPSA) is 114 Å². The third-order valence-corrected chi connectivity index (χ3v) is 7.00. The summed E-state index contributed by atoms with van der Waals surface area (Å²) in [6.45, 7) is 5.43. The van der Waals surface area contributed by atoms with Gasteiger partial charge in [-0.2, -0.15) is 5.26 Å². The van der Waals surface area contributed by atoms with Crippen LogP contribution in [0.15, 0.2) is 28.6 Å². The minimum Gasteiger partial charge on any atom is -0.369 e. The van der Waals surface area contributed by atoms with Crippen molar-refractivity contribution in [2.45, 2.75) is 31.5 Å². The summed E-state index contributed by atoms with van der Waals surface area (Å²) in [5, 5.41) is 12.4. The minimum atomic E-state index is -0.433. The number of carbonyl (C=O) groups excluding carboxylic acids is 2. The number of thioether (sulfide) groups is 1. The second-order valence-electron chi connectivity index (χ2n) is 6.83. The van der Waals surface area contributed by atoms with Gasteiger partial charge < -0.3 is 11.1 Å². The summed E-state index contributed by atoms with van der Waals surface area (Å²) in [5.41, 5.74) is 8.47. The molecule has 2 heterocycles. The number of halogens is 1. The van der Waals surface area contributed by atoms with Crippen molar-refractivity contribution in [1.82, 2.24) is 9.55 Å². The number of hydrogen-bond donors (Lipinski definition) is 2. The zero-order valence-corrected chi connectivity index (χ0v) is 18.8. The average molecular weight is 458 g/mol. The Morgan fingerprint density at radius 2 is 1.97 bits per heavy atom. The summed E-state index contributed by atoms with van der Waals surface area (Å²) in [5.74, 6) is -0.703. The number of nitrogens with zero attached hydrogens (tertiary/aromatic N) is 3. The normalized spacial score (nSPS) is 10.7. The molecule has 3 aromatic rings. The monoisotopic (exact) mass is 457 g/mol. The minimum absolute atomic E-state index is 0.0700. The van der Waals surface area contributed by atoms with E-state index in [1.807, 2.05) is 6.92 Å². The SMILES string of the molecule is Cc1nc(SCC(=O)Nc2c(C#N)c(C)c(C)n2-c2ccc(F)cc2)sc1CC(N)=O. The lowest BCUT2D eigenvalue weighted by molar-refractivity contribution is -0.117. The summed E-state index contributed by atoms with van der Waals surface area (Å²) in [4.78, 5) is 29.0. The lowest BCUT2D eigenvalue weighted by atomic mass is 10.2. The number of anilines is 1. The zero-order chi connectivity index (χ0) is 22.7. The Bertz CT molecular complexity index is 1190. The fourth-order valence-electron chi connectivity index (χ4n) is 3.05. The fourth-order valence-corrected chi connectivity index (χ4v) is 5.10. The number of amides is 2. The van der Waals surface area contributed by atoms with Gasteiger partial charge >= 0.3 is 0 Å². The van der Waals surface area contributed by atoms with E-state index in [1.165, 1.54) is 35.2 Å². The third kappa shape index (κ3) is 4.95. The van der Waals surface area contributed by atoms with Crippen molar-refractivity contribution in [3.8, 4) is 11.8 Å². The van der Waals surface area contributed by atoms with Crippen molar-refractivity contribution in [3.63, 3.8) is 0 Å². The van der Waals surface area contributed by atoms with Gasteiger partial charge in [0.2, 0.25) is 11.8 Å². The lowest BCUT2D eigenvalue weighted by Crippen LogP contribution is -2.17. The number of aromatic nitrogens is 2. The van der Waals surface area contributed by atoms with Crippen molar-refractivity contribution >= 4 is 40.7 Å². The number of thiazole rings is 1. The van der Waals surface area contributed by atoms with Crippen LogP contribution in [-0.2, 0) is 16.0 Å². The van der Waals surface area contributed by atoms with Crippen LogP contribution in [0.25, 0.3) is 5.69 Å². The number of rotatable bonds is 7. The largest absolute Gasteiger partial charge is 0.369 e. The molecule has 0 fully saturated rings. The molecule has 0 aliphatic heterocycles. The van der Waals surface area contributed by atoms with Crippen molar-refractivity contribution in [3.05, 3.63) is 57.5 Å². The van der Waals surface area contributed by atoms with E-state index in [9.17, 15) is 19.2 Å². The Hall–Kier alpha value is -3.16. The van der Waals surface area contributed by atoms with Crippen LogP contribution in [0.1, 0.15) is 27.4 Å². The first-order chi connectivity index (χ1) is 14.7. The van der Waals surface area contributed by atoms with Gasteiger partial charge in [-0.25, -0.2) is 9.37 Å². The fraction of sp³-hybridized carbons (Fsp3) is 0.238. The van der Waals surface area contributed by atoms with Crippen molar-refractivity contribution in [2.24, 2.45) is 5.73 Å². The number of primary amides is 1. The van der Waals surface area contributed by atoms with E-state index in [2.05, 4.69) is 16.4 Å². The Morgan fingerprint density at radius 3 is 2.58 bits per heavy atom. The highest BCUT2D eigenvalue weighted by atomic mass is 32.2. The number of aryl methyl sites for hydroxylation is 1. The van der Waals surface area contributed by atoms with Crippen LogP contribution in [0.4, 0.5) is 10.2 Å². The summed E-state index contributed by atoms with van der Waals surface area (Å²) in [6.07, 6.45) is 0.117. The Labute approximate surface area is 187 Å². The van der Waals surface area contributed by atoms with Gasteiger partial charge in [-0.1, -0.05) is 11.8 Å². The number of hydrogen-bond acceptors (Lipinski definition) is 6. The van der Waals surface area contributed by atoms with E-state index in [4.69, 9.17) is 5.73 Å². The number of nitrogens with two attached hydrogens (primary N) is 1. The quantitative estimate of drug-likeness (QED) is 0.526. The molecule has 0 saturated carbocycles. The van der Waals surface area contributed by atoms with Crippen LogP contribution < -0.4 is 11.1 Å². The molecule has 0 aliphatic rings. The molecule has 2 aromatic heterocycles. The van der Waals surface area contributed by atoms with E-state index in [-0.39, 0.29) is 23.9 Å². The zero-order valence-electron chi connectivity index (χ0n) is 17.2. The molecule has 0 aliphatic carbocycles. The van der Waals surface area contributed by atoms with Gasteiger partial charge in [0.1, 0.15) is 17.7 Å². The van der Waals surface area contributed by atoms with Crippen molar-refractivity contribution in [1.29, 1.82) is 5.26 Å². The first-order valence-corrected chi connectivity index (χ1v) is 11.1. The van der Waals surface area contributed by atoms with E-state index in [0.717, 1.165) is 21.8 Å². The van der Waals surface area contributed by atoms with Gasteiger partial charge in [-0.15, -0.1) is 11.3 Å². The van der Waals surface area contributed by atoms with Crippen molar-refractivity contribution in [2.75, 3.05) is 11.1 Å². The maximum Gasteiger partial charge on any atom is 0.235 e. The number of benzene rings is 1. The molecule has 31 heavy (non-hydrogen) atoms. The summed E-state index contributed by atoms with van der Waals surface area (Å²) in [6, 6.07) is 7.97. The molecule has 0 unspecified atom stereocenters. The second kappa shape index (κ2) is 9.32. The highest BCUT2D eigenvalue weighted by molar-refractivity contribution is 8.01. The standard InChI is InChI=1S/C21H20FN5O2S2/c1-11-13(3)27(15-6-4-14(22)5-7-15)20(16(11)9-23)26-19(29)10-30-21-25-12(2)17(31-21)8-18(24)28/h4-7H,8,10H2,1-3H3,(H2,24,28)(H,26,29). The van der Waals surface area contributed by atoms with E-state index in [1.54, 1.807) is 30.5 Å². The highest BCUT2D eigenvalue weighted by Gasteiger charge is 2.21. The molecule has 0 bridgehead atoms. The Kier molecular flexibility index (Phi) is 6.77. The van der Waals surface area contributed by atoms with E-state index < -0.39 is 5.91 Å². The molecule has 0 spiro atoms. The summed E-state index contributed by atoms with van der Waals surface area (Å²) >= 11 is 2.57. The maximum atomic E-state index is 13.4. The molecule has 160 valence electrons. The predicted molar refractivity (Wildman–Crippen MR) is 119 cm³/mol. The first kappa shape index (κ1) is 22.5. The van der Waals surface area contributed by atoms with Crippen molar-refractivity contribution < 1.29 is 14.0 Å². The molecule has 2 amide bonds. The van der Waals surface area contributed by atoms with E-state index >= 15 is 0 Å². The number of nitriles is 1. The van der Waals surface area contributed by atoms with Crippen LogP contribution in [0.2, 0.25) is 0 Å². The van der Waals surface area contributed by atoms with Crippen LogP contribution in [0, 0.1) is 37.9 Å². The molecule has 0 radical (unpaired) electrons. The molecule has 3 rings (SSSR count). The molecule has 0 atom stereocenters. The Balaban J connectivity index is 1.81. The molecule has 0 saturated heterocycles. The summed E-state index contributed by atoms with van der Waals surface area (Å²) in [7, 11) is 0. The highest BCUT2D eigenvalue weighted by Crippen LogP contribution is 2.31. The number of carbonyl (C=O) groups is 2. The average Bonchev–Trinajstić information content (AvgIpc) is 3.17. The van der Waals surface area contributed by atoms with Crippen LogP contribution in [-0.4, -0.2) is 27.1 Å². The molecular weight excluding hydrogens is 437 g/mol. The smallest absolute Gasteiger partial charge is 0.235 e. The van der Waals surface area contributed by atoms with Gasteiger partial charge in [0.25, 0.3) is 0 Å². The second-order valence-corrected chi connectivity index (χ2v) is 9.13. The molecule has 3 N–H and O–H groups in total. The number of nitrogens with one attached hydrogen (secondary N) is 1. The third-order valence-electron chi connectivity index (χ3n) is 4.70. The van der Waals surface area contributed by atoms with E-state index in [0.29, 0.717) is 21.4 Å². The van der Waals surface area contributed by atoms with Crippen LogP contribution in [0.5, 0.6) is 0 Å². The molecule has 10 heteroatoms. The van der Waals surface area contributed by atoms with Gasteiger partial charge in [-0.05, 0) is 50.6 Å². The summed E-state index contributed by atoms with van der Waals surface area (Å²) < 4.78 is 15.7. The van der Waals surface area contributed by atoms with Crippen LogP contribution in [0.3, 0.4) is 0 Å². The Morgan fingerprint density at radius 1 is 1.29 bits per heavy atom. The predicted octanol–water partition coefficient (Wildman–Crippen LogP) is 3.63. The maximum absolute atomic E-state index is 13.4. The first-order valence-electron chi connectivity index (χ1n) is 9.26. The van der Waals surface area contributed by atoms with Crippen LogP contribution >= 0.6 is 23.1 Å². The van der Waals surface area contributed by atoms with Gasteiger partial charge in [0.05, 0.1) is 23.4 Å². The molecular formula is C21H20FN5O2S2. The van der Waals surface area contributed by atoms with Gasteiger partial charge in [-0.3, -0.25) is 14.2 Å². The van der Waals surface area contributed by atoms with Gasteiger partial charge in [0, 0.05) is 16.3 Å². The van der Waals surface area contributed by atoms with Gasteiger partial charge in [0.15, 0.2) is 4.34 Å². The molecule has 7 nitrogen and oxygen atoms in total.